The number of rotatable bonds is 3. The van der Waals surface area contributed by atoms with Gasteiger partial charge in [0, 0.05) is 11.6 Å². The molecule has 2 rings (SSSR count). The zero-order valence-corrected chi connectivity index (χ0v) is 10.2. The molecule has 0 radical (unpaired) electrons. The van der Waals surface area contributed by atoms with Gasteiger partial charge in [-0.05, 0) is 19.1 Å². The number of halogens is 1. The molecule has 0 aromatic carbocycles. The van der Waals surface area contributed by atoms with Gasteiger partial charge in [-0.15, -0.1) is 11.3 Å². The van der Waals surface area contributed by atoms with Crippen molar-refractivity contribution in [3.05, 3.63) is 33.9 Å². The van der Waals surface area contributed by atoms with E-state index in [1.165, 1.54) is 0 Å². The second-order valence-corrected chi connectivity index (χ2v) is 4.62. The summed E-state index contributed by atoms with van der Waals surface area (Å²) in [5.74, 6) is 0.593. The van der Waals surface area contributed by atoms with Crippen molar-refractivity contribution in [3.63, 3.8) is 0 Å². The van der Waals surface area contributed by atoms with Gasteiger partial charge in [0.2, 0.25) is 0 Å². The molecular formula is C10H11ClN4S. The Balaban J connectivity index is 2.17. The van der Waals surface area contributed by atoms with E-state index in [-0.39, 0.29) is 6.04 Å². The zero-order chi connectivity index (χ0) is 11.5. The van der Waals surface area contributed by atoms with Crippen molar-refractivity contribution in [1.29, 1.82) is 0 Å². The van der Waals surface area contributed by atoms with Gasteiger partial charge < -0.3 is 11.1 Å². The number of hydrogen-bond donors (Lipinski definition) is 2. The molecule has 0 aliphatic carbocycles. The summed E-state index contributed by atoms with van der Waals surface area (Å²) < 4.78 is 0. The van der Waals surface area contributed by atoms with E-state index in [0.717, 1.165) is 5.01 Å². The molecule has 0 aliphatic rings. The smallest absolute Gasteiger partial charge is 0.151 e. The van der Waals surface area contributed by atoms with Crippen LogP contribution < -0.4 is 11.1 Å². The van der Waals surface area contributed by atoms with Crippen LogP contribution in [-0.2, 0) is 0 Å². The normalized spacial score (nSPS) is 12.4. The number of nitrogens with one attached hydrogen (secondary N) is 1. The number of thiazole rings is 1. The Bertz CT molecular complexity index is 472. The Labute approximate surface area is 102 Å². The van der Waals surface area contributed by atoms with Gasteiger partial charge in [0.1, 0.15) is 10.2 Å². The quantitative estimate of drug-likeness (QED) is 0.827. The summed E-state index contributed by atoms with van der Waals surface area (Å²) in [4.78, 5) is 8.35. The molecule has 16 heavy (non-hydrogen) atoms. The van der Waals surface area contributed by atoms with E-state index in [4.69, 9.17) is 17.3 Å². The van der Waals surface area contributed by atoms with Crippen LogP contribution in [0, 0.1) is 0 Å². The molecule has 0 fully saturated rings. The third kappa shape index (κ3) is 2.43. The maximum Gasteiger partial charge on any atom is 0.151 e. The first-order chi connectivity index (χ1) is 7.66. The average Bonchev–Trinajstić information content (AvgIpc) is 2.76. The van der Waals surface area contributed by atoms with E-state index < -0.39 is 0 Å². The largest absolute Gasteiger partial charge is 0.396 e. The van der Waals surface area contributed by atoms with Gasteiger partial charge >= 0.3 is 0 Å². The summed E-state index contributed by atoms with van der Waals surface area (Å²) in [5, 5.41) is 6.52. The van der Waals surface area contributed by atoms with Gasteiger partial charge in [-0.1, -0.05) is 11.6 Å². The Kier molecular flexibility index (Phi) is 3.26. The van der Waals surface area contributed by atoms with Crippen LogP contribution in [-0.4, -0.2) is 9.97 Å². The summed E-state index contributed by atoms with van der Waals surface area (Å²) in [6.45, 7) is 2.00. The van der Waals surface area contributed by atoms with Gasteiger partial charge in [0.25, 0.3) is 0 Å². The minimum Gasteiger partial charge on any atom is -0.396 e. The van der Waals surface area contributed by atoms with Crippen molar-refractivity contribution in [3.8, 4) is 0 Å². The topological polar surface area (TPSA) is 63.8 Å². The van der Waals surface area contributed by atoms with Crippen LogP contribution >= 0.6 is 22.9 Å². The lowest BCUT2D eigenvalue weighted by molar-refractivity contribution is 0.862. The van der Waals surface area contributed by atoms with E-state index in [1.807, 2.05) is 12.3 Å². The van der Waals surface area contributed by atoms with Gasteiger partial charge in [-0.25, -0.2) is 9.97 Å². The average molecular weight is 255 g/mol. The molecule has 2 aromatic heterocycles. The Morgan fingerprint density at radius 3 is 3.00 bits per heavy atom. The number of hydrogen-bond acceptors (Lipinski definition) is 5. The molecule has 1 unspecified atom stereocenters. The molecule has 0 bridgehead atoms. The highest BCUT2D eigenvalue weighted by atomic mass is 35.5. The van der Waals surface area contributed by atoms with E-state index in [9.17, 15) is 0 Å². The van der Waals surface area contributed by atoms with Gasteiger partial charge in [-0.2, -0.15) is 0 Å². The lowest BCUT2D eigenvalue weighted by atomic mass is 10.3. The highest BCUT2D eigenvalue weighted by molar-refractivity contribution is 7.09. The van der Waals surface area contributed by atoms with Crippen LogP contribution in [0.2, 0.25) is 5.15 Å². The van der Waals surface area contributed by atoms with Crippen molar-refractivity contribution in [1.82, 2.24) is 9.97 Å². The maximum atomic E-state index is 5.81. The first-order valence-electron chi connectivity index (χ1n) is 4.75. The van der Waals surface area contributed by atoms with Crippen LogP contribution in [0.25, 0.3) is 0 Å². The minimum atomic E-state index is 0.0632. The highest BCUT2D eigenvalue weighted by Crippen LogP contribution is 2.24. The number of nitrogens with two attached hydrogens (primary N) is 1. The molecule has 84 valence electrons. The lowest BCUT2D eigenvalue weighted by Crippen LogP contribution is -2.09. The standard InChI is InChI=1S/C10H11ClN4S/c1-6(10-13-4-5-16-10)14-9-7(12)2-3-8(11)15-9/h2-6H,12H2,1H3,(H,14,15). The van der Waals surface area contributed by atoms with Crippen LogP contribution in [0.3, 0.4) is 0 Å². The number of pyridine rings is 1. The summed E-state index contributed by atoms with van der Waals surface area (Å²) in [6, 6.07) is 3.45. The van der Waals surface area contributed by atoms with Gasteiger partial charge in [0.15, 0.2) is 5.82 Å². The monoisotopic (exact) mass is 254 g/mol. The highest BCUT2D eigenvalue weighted by Gasteiger charge is 2.10. The third-order valence-corrected chi connectivity index (χ3v) is 3.24. The van der Waals surface area contributed by atoms with Crippen LogP contribution in [0.15, 0.2) is 23.7 Å². The fraction of sp³-hybridized carbons (Fsp3) is 0.200. The summed E-state index contributed by atoms with van der Waals surface area (Å²) in [7, 11) is 0. The van der Waals surface area contributed by atoms with Crippen LogP contribution in [0.5, 0.6) is 0 Å². The molecule has 2 aromatic rings. The minimum absolute atomic E-state index is 0.0632. The first kappa shape index (κ1) is 11.2. The summed E-state index contributed by atoms with van der Waals surface area (Å²) in [5.41, 5.74) is 6.37. The molecule has 0 saturated carbocycles. The molecule has 0 aliphatic heterocycles. The first-order valence-corrected chi connectivity index (χ1v) is 6.00. The van der Waals surface area contributed by atoms with E-state index in [0.29, 0.717) is 16.7 Å². The second-order valence-electron chi connectivity index (χ2n) is 3.31. The van der Waals surface area contributed by atoms with Crippen molar-refractivity contribution < 1.29 is 0 Å². The lowest BCUT2D eigenvalue weighted by Gasteiger charge is -2.13. The van der Waals surface area contributed by atoms with E-state index in [1.54, 1.807) is 29.7 Å². The van der Waals surface area contributed by atoms with Crippen LogP contribution in [0.4, 0.5) is 11.5 Å². The number of nitrogens with zero attached hydrogens (tertiary/aromatic N) is 2. The molecule has 6 heteroatoms. The fourth-order valence-corrected chi connectivity index (χ4v) is 2.07. The van der Waals surface area contributed by atoms with Gasteiger partial charge in [0.05, 0.1) is 11.7 Å². The van der Waals surface area contributed by atoms with E-state index in [2.05, 4.69) is 15.3 Å². The number of nitrogen functional groups attached to an aromatic ring is 1. The predicted octanol–water partition coefficient (Wildman–Crippen LogP) is 2.95. The van der Waals surface area contributed by atoms with Crippen LogP contribution in [0.1, 0.15) is 18.0 Å². The second kappa shape index (κ2) is 4.67. The summed E-state index contributed by atoms with van der Waals surface area (Å²) >= 11 is 7.39. The number of anilines is 2. The Hall–Kier alpha value is -1.33. The molecule has 0 spiro atoms. The molecule has 0 saturated heterocycles. The molecule has 3 N–H and O–H groups in total. The zero-order valence-electron chi connectivity index (χ0n) is 8.64. The molecule has 1 atom stereocenters. The molecule has 0 amide bonds. The SMILES string of the molecule is CC(Nc1nc(Cl)ccc1N)c1nccs1. The number of aromatic nitrogens is 2. The molecular weight excluding hydrogens is 244 g/mol. The van der Waals surface area contributed by atoms with Crippen molar-refractivity contribution in [2.75, 3.05) is 11.1 Å². The van der Waals surface area contributed by atoms with E-state index >= 15 is 0 Å². The predicted molar refractivity (Wildman–Crippen MR) is 67.8 cm³/mol. The van der Waals surface area contributed by atoms with Crippen molar-refractivity contribution >= 4 is 34.4 Å². The van der Waals surface area contributed by atoms with Crippen molar-refractivity contribution in [2.45, 2.75) is 13.0 Å². The Morgan fingerprint density at radius 1 is 1.50 bits per heavy atom. The maximum absolute atomic E-state index is 5.81. The van der Waals surface area contributed by atoms with Gasteiger partial charge in [-0.3, -0.25) is 0 Å². The molecule has 4 nitrogen and oxygen atoms in total. The fourth-order valence-electron chi connectivity index (χ4n) is 1.28. The van der Waals surface area contributed by atoms with Crippen molar-refractivity contribution in [2.24, 2.45) is 0 Å². The molecule has 2 heterocycles. The third-order valence-electron chi connectivity index (χ3n) is 2.07. The summed E-state index contributed by atoms with van der Waals surface area (Å²) in [6.07, 6.45) is 1.77. The Morgan fingerprint density at radius 2 is 2.31 bits per heavy atom.